The standard InChI is InChI=1S/C15H16F2N2O4/c1-2-23-13(20)5-3-4-12(14(18)21)19-15(22)10-7-6-9(16)8-11(10)17/h3,5-8,12H,2,4H2,1H3,(H2,18,21)(H,19,22)/b5-3+/t12-/m0/s1. The van der Waals surface area contributed by atoms with Crippen molar-refractivity contribution in [3.05, 3.63) is 47.5 Å². The molecule has 0 saturated heterocycles. The second kappa shape index (κ2) is 8.62. The van der Waals surface area contributed by atoms with Crippen LogP contribution < -0.4 is 11.1 Å². The second-order valence-electron chi connectivity index (χ2n) is 4.44. The molecule has 1 aromatic rings. The number of hydrogen-bond donors (Lipinski definition) is 2. The van der Waals surface area contributed by atoms with E-state index in [1.807, 2.05) is 0 Å². The molecule has 0 saturated carbocycles. The summed E-state index contributed by atoms with van der Waals surface area (Å²) in [4.78, 5) is 34.3. The molecule has 23 heavy (non-hydrogen) atoms. The first-order valence-corrected chi connectivity index (χ1v) is 6.73. The molecule has 3 N–H and O–H groups in total. The number of carbonyl (C=O) groups is 3. The summed E-state index contributed by atoms with van der Waals surface area (Å²) in [5.41, 5.74) is 4.72. The van der Waals surface area contributed by atoms with Crippen LogP contribution in [0.4, 0.5) is 8.78 Å². The average Bonchev–Trinajstić information content (AvgIpc) is 2.46. The largest absolute Gasteiger partial charge is 0.463 e. The Bertz CT molecular complexity index is 632. The van der Waals surface area contributed by atoms with Gasteiger partial charge in [-0.05, 0) is 25.5 Å². The van der Waals surface area contributed by atoms with Crippen molar-refractivity contribution in [2.75, 3.05) is 6.61 Å². The van der Waals surface area contributed by atoms with Crippen molar-refractivity contribution < 1.29 is 27.9 Å². The molecule has 0 aliphatic heterocycles. The number of nitrogens with two attached hydrogens (primary N) is 1. The zero-order valence-electron chi connectivity index (χ0n) is 12.3. The highest BCUT2D eigenvalue weighted by molar-refractivity contribution is 5.97. The highest BCUT2D eigenvalue weighted by Crippen LogP contribution is 2.10. The zero-order chi connectivity index (χ0) is 17.4. The van der Waals surface area contributed by atoms with Crippen LogP contribution in [0.15, 0.2) is 30.4 Å². The normalized spacial score (nSPS) is 12.0. The molecule has 124 valence electrons. The van der Waals surface area contributed by atoms with E-state index < -0.39 is 41.0 Å². The molecular formula is C15H16F2N2O4. The summed E-state index contributed by atoms with van der Waals surface area (Å²) in [5, 5.41) is 2.22. The first-order valence-electron chi connectivity index (χ1n) is 6.73. The van der Waals surface area contributed by atoms with Gasteiger partial charge in [-0.3, -0.25) is 9.59 Å². The molecule has 8 heteroatoms. The van der Waals surface area contributed by atoms with E-state index in [-0.39, 0.29) is 13.0 Å². The number of nitrogens with one attached hydrogen (secondary N) is 1. The first-order chi connectivity index (χ1) is 10.8. The predicted molar refractivity (Wildman–Crippen MR) is 77.2 cm³/mol. The fourth-order valence-electron chi connectivity index (χ4n) is 1.65. The number of amides is 2. The Hall–Kier alpha value is -2.77. The molecule has 1 atom stereocenters. The molecule has 0 aromatic heterocycles. The van der Waals surface area contributed by atoms with Crippen molar-refractivity contribution in [1.29, 1.82) is 0 Å². The summed E-state index contributed by atoms with van der Waals surface area (Å²) in [6, 6.07) is 1.26. The third-order valence-corrected chi connectivity index (χ3v) is 2.74. The molecule has 0 heterocycles. The number of rotatable bonds is 7. The van der Waals surface area contributed by atoms with Crippen LogP contribution in [0.5, 0.6) is 0 Å². The number of halogens is 2. The van der Waals surface area contributed by atoms with Gasteiger partial charge in [0.15, 0.2) is 0 Å². The van der Waals surface area contributed by atoms with E-state index in [2.05, 4.69) is 10.1 Å². The Balaban J connectivity index is 2.74. The van der Waals surface area contributed by atoms with Crippen LogP contribution in [0, 0.1) is 11.6 Å². The minimum atomic E-state index is -1.15. The van der Waals surface area contributed by atoms with Crippen LogP contribution in [0.1, 0.15) is 23.7 Å². The lowest BCUT2D eigenvalue weighted by Gasteiger charge is -2.14. The Morgan fingerprint density at radius 3 is 2.61 bits per heavy atom. The van der Waals surface area contributed by atoms with Gasteiger partial charge >= 0.3 is 5.97 Å². The van der Waals surface area contributed by atoms with Gasteiger partial charge in [-0.2, -0.15) is 0 Å². The van der Waals surface area contributed by atoms with Crippen LogP contribution in [-0.2, 0) is 14.3 Å². The number of primary amides is 1. The minimum Gasteiger partial charge on any atom is -0.463 e. The van der Waals surface area contributed by atoms with Gasteiger partial charge in [0, 0.05) is 12.1 Å². The number of benzene rings is 1. The van der Waals surface area contributed by atoms with Crippen molar-refractivity contribution >= 4 is 17.8 Å². The van der Waals surface area contributed by atoms with Crippen LogP contribution in [0.2, 0.25) is 0 Å². The van der Waals surface area contributed by atoms with Crippen molar-refractivity contribution in [3.63, 3.8) is 0 Å². The van der Waals surface area contributed by atoms with Crippen molar-refractivity contribution in [2.24, 2.45) is 5.73 Å². The molecule has 0 aliphatic carbocycles. The molecule has 6 nitrogen and oxygen atoms in total. The Morgan fingerprint density at radius 2 is 2.04 bits per heavy atom. The second-order valence-corrected chi connectivity index (χ2v) is 4.44. The Labute approximate surface area is 131 Å². The van der Waals surface area contributed by atoms with Crippen molar-refractivity contribution in [3.8, 4) is 0 Å². The Morgan fingerprint density at radius 1 is 1.35 bits per heavy atom. The maximum absolute atomic E-state index is 13.5. The first kappa shape index (κ1) is 18.3. The number of esters is 1. The summed E-state index contributed by atoms with van der Waals surface area (Å²) in [6.07, 6.45) is 2.31. The number of hydrogen-bond acceptors (Lipinski definition) is 4. The molecule has 0 spiro atoms. The maximum Gasteiger partial charge on any atom is 0.330 e. The Kier molecular flexibility index (Phi) is 6.85. The highest BCUT2D eigenvalue weighted by atomic mass is 19.1. The summed E-state index contributed by atoms with van der Waals surface area (Å²) in [5.74, 6) is -4.28. The predicted octanol–water partition coefficient (Wildman–Crippen LogP) is 1.06. The highest BCUT2D eigenvalue weighted by Gasteiger charge is 2.20. The smallest absolute Gasteiger partial charge is 0.330 e. The lowest BCUT2D eigenvalue weighted by Crippen LogP contribution is -2.44. The van der Waals surface area contributed by atoms with Gasteiger partial charge < -0.3 is 15.8 Å². The molecule has 1 aromatic carbocycles. The molecule has 2 amide bonds. The molecular weight excluding hydrogens is 310 g/mol. The monoisotopic (exact) mass is 326 g/mol. The van der Waals surface area contributed by atoms with Crippen molar-refractivity contribution in [2.45, 2.75) is 19.4 Å². The lowest BCUT2D eigenvalue weighted by molar-refractivity contribution is -0.137. The van der Waals surface area contributed by atoms with E-state index in [0.29, 0.717) is 6.07 Å². The van der Waals surface area contributed by atoms with E-state index in [0.717, 1.165) is 18.2 Å². The van der Waals surface area contributed by atoms with Gasteiger partial charge in [0.25, 0.3) is 5.91 Å². The van der Waals surface area contributed by atoms with Gasteiger partial charge in [0.1, 0.15) is 17.7 Å². The van der Waals surface area contributed by atoms with Gasteiger partial charge in [-0.1, -0.05) is 6.08 Å². The third-order valence-electron chi connectivity index (χ3n) is 2.74. The molecule has 0 bridgehead atoms. The fraction of sp³-hybridized carbons (Fsp3) is 0.267. The van der Waals surface area contributed by atoms with Crippen LogP contribution >= 0.6 is 0 Å². The molecule has 0 aliphatic rings. The third kappa shape index (κ3) is 5.85. The maximum atomic E-state index is 13.5. The van der Waals surface area contributed by atoms with Gasteiger partial charge in [0.2, 0.25) is 5.91 Å². The summed E-state index contributed by atoms with van der Waals surface area (Å²) < 4.78 is 31.0. The fourth-order valence-corrected chi connectivity index (χ4v) is 1.65. The zero-order valence-corrected chi connectivity index (χ0v) is 12.3. The van der Waals surface area contributed by atoms with E-state index in [1.54, 1.807) is 6.92 Å². The topological polar surface area (TPSA) is 98.5 Å². The SMILES string of the molecule is CCOC(=O)/C=C/C[C@H](NC(=O)c1ccc(F)cc1F)C(N)=O. The van der Waals surface area contributed by atoms with Gasteiger partial charge in [-0.15, -0.1) is 0 Å². The summed E-state index contributed by atoms with van der Waals surface area (Å²) in [7, 11) is 0. The summed E-state index contributed by atoms with van der Waals surface area (Å²) in [6.45, 7) is 1.83. The molecule has 1 rings (SSSR count). The molecule has 0 radical (unpaired) electrons. The molecule has 0 unspecified atom stereocenters. The van der Waals surface area contributed by atoms with E-state index in [9.17, 15) is 23.2 Å². The minimum absolute atomic E-state index is 0.0807. The van der Waals surface area contributed by atoms with Gasteiger partial charge in [0.05, 0.1) is 12.2 Å². The summed E-state index contributed by atoms with van der Waals surface area (Å²) >= 11 is 0. The van der Waals surface area contributed by atoms with E-state index in [1.165, 1.54) is 6.08 Å². The average molecular weight is 326 g/mol. The van der Waals surface area contributed by atoms with Crippen molar-refractivity contribution in [1.82, 2.24) is 5.32 Å². The van der Waals surface area contributed by atoms with Crippen LogP contribution in [0.25, 0.3) is 0 Å². The quantitative estimate of drug-likeness (QED) is 0.578. The van der Waals surface area contributed by atoms with Crippen LogP contribution in [0.3, 0.4) is 0 Å². The van der Waals surface area contributed by atoms with E-state index >= 15 is 0 Å². The lowest BCUT2D eigenvalue weighted by atomic mass is 10.1. The molecule has 0 fully saturated rings. The van der Waals surface area contributed by atoms with E-state index in [4.69, 9.17) is 5.73 Å². The van der Waals surface area contributed by atoms with Crippen LogP contribution in [-0.4, -0.2) is 30.4 Å². The number of carbonyl (C=O) groups excluding carboxylic acids is 3. The number of ether oxygens (including phenoxy) is 1. The van der Waals surface area contributed by atoms with Gasteiger partial charge in [-0.25, -0.2) is 13.6 Å².